The molecule has 0 radical (unpaired) electrons. The zero-order valence-electron chi connectivity index (χ0n) is 15.4. The van der Waals surface area contributed by atoms with E-state index in [1.807, 2.05) is 6.08 Å². The van der Waals surface area contributed by atoms with E-state index in [4.69, 9.17) is 17.4 Å². The van der Waals surface area contributed by atoms with Gasteiger partial charge in [-0.25, -0.2) is 0 Å². The normalized spacial score (nSPS) is 36.7. The minimum atomic E-state index is -1.21. The molecule has 1 N–H and O–H groups in total. The number of thioether (sulfide) groups is 1. The highest BCUT2D eigenvalue weighted by Gasteiger charge is 2.85. The van der Waals surface area contributed by atoms with Gasteiger partial charge < -0.3 is 19.6 Å². The molecule has 3 atom stereocenters. The zero-order valence-corrected chi connectivity index (χ0v) is 17.1. The highest BCUT2D eigenvalue weighted by molar-refractivity contribution is 8.01. The number of fused-ring (bicyclic) bond motifs is 1. The lowest BCUT2D eigenvalue weighted by atomic mass is 9.75. The second-order valence-corrected chi connectivity index (χ2v) is 8.84. The first kappa shape index (κ1) is 19.8. The smallest absolute Gasteiger partial charge is 0.255 e. The maximum absolute atomic E-state index is 13.0. The Labute approximate surface area is 164 Å². The van der Waals surface area contributed by atoms with Gasteiger partial charge in [-0.1, -0.05) is 18.2 Å². The van der Waals surface area contributed by atoms with Gasteiger partial charge in [-0.3, -0.25) is 9.59 Å². The molecule has 144 valence electrons. The Morgan fingerprint density at radius 1 is 1.31 bits per heavy atom. The molecule has 6 nitrogen and oxygen atoms in total. The van der Waals surface area contributed by atoms with Gasteiger partial charge in [0.05, 0.1) is 19.8 Å². The number of allylic oxidation sites excluding steroid dienone is 3. The Morgan fingerprint density at radius 3 is 2.69 bits per heavy atom. The van der Waals surface area contributed by atoms with Crippen LogP contribution in [0.4, 0.5) is 0 Å². The molecule has 1 aliphatic carbocycles. The standard InChI is InChI=1S/C18H26N2O4S2/c1-19-15(23)17(11-21,26-3)18(25)16(19,14(22)20(18)2)12-24-10-13-8-6-4-5-7-9-13/h4,6,8,21,25H,5,7,9-12H2,1-3H3/t16?,17-,18?/m0/s1. The average Bonchev–Trinajstić information content (AvgIpc) is 2.87. The monoisotopic (exact) mass is 398 g/mol. The Balaban J connectivity index is 1.86. The van der Waals surface area contributed by atoms with Crippen LogP contribution >= 0.6 is 24.4 Å². The molecule has 0 bridgehead atoms. The van der Waals surface area contributed by atoms with E-state index < -0.39 is 21.8 Å². The summed E-state index contributed by atoms with van der Waals surface area (Å²) in [5, 5.41) is 10.1. The molecule has 0 aromatic carbocycles. The van der Waals surface area contributed by atoms with Gasteiger partial charge in [0.25, 0.3) is 5.91 Å². The summed E-state index contributed by atoms with van der Waals surface area (Å²) in [4.78, 5) is 27.6. The lowest BCUT2D eigenvalue weighted by Gasteiger charge is -2.61. The van der Waals surface area contributed by atoms with Crippen molar-refractivity contribution in [3.8, 4) is 0 Å². The predicted octanol–water partition coefficient (Wildman–Crippen LogP) is 1.07. The summed E-state index contributed by atoms with van der Waals surface area (Å²) < 4.78 is 4.73. The van der Waals surface area contributed by atoms with Crippen LogP contribution in [-0.4, -0.2) is 82.0 Å². The maximum Gasteiger partial charge on any atom is 0.255 e. The molecule has 0 spiro atoms. The van der Waals surface area contributed by atoms with Gasteiger partial charge in [0, 0.05) is 14.1 Å². The molecule has 3 rings (SSSR count). The lowest BCUT2D eigenvalue weighted by molar-refractivity contribution is -0.178. The molecule has 2 aliphatic heterocycles. The molecule has 8 heteroatoms. The first-order chi connectivity index (χ1) is 12.3. The molecule has 2 saturated heterocycles. The fourth-order valence-corrected chi connectivity index (χ4v) is 6.26. The Hall–Kier alpha value is -0.960. The van der Waals surface area contributed by atoms with Crippen LogP contribution in [0, 0.1) is 0 Å². The third-order valence-electron chi connectivity index (χ3n) is 6.01. The largest absolute Gasteiger partial charge is 0.394 e. The predicted molar refractivity (Wildman–Crippen MR) is 105 cm³/mol. The van der Waals surface area contributed by atoms with Crippen LogP contribution in [0.25, 0.3) is 0 Å². The number of ether oxygens (including phenoxy) is 1. The molecule has 3 aliphatic rings. The molecule has 2 amide bonds. The highest BCUT2D eigenvalue weighted by atomic mass is 32.2. The van der Waals surface area contributed by atoms with Crippen molar-refractivity contribution in [1.82, 2.24) is 9.80 Å². The van der Waals surface area contributed by atoms with E-state index in [9.17, 15) is 14.7 Å². The fraction of sp³-hybridized carbons (Fsp3) is 0.667. The van der Waals surface area contributed by atoms with Crippen molar-refractivity contribution in [2.24, 2.45) is 0 Å². The van der Waals surface area contributed by atoms with Gasteiger partial charge in [0.1, 0.15) is 4.87 Å². The van der Waals surface area contributed by atoms with Gasteiger partial charge in [-0.15, -0.1) is 24.4 Å². The number of likely N-dealkylation sites (tertiary alicyclic amines) is 2. The summed E-state index contributed by atoms with van der Waals surface area (Å²) in [5.74, 6) is -0.497. The van der Waals surface area contributed by atoms with Crippen LogP contribution in [0.2, 0.25) is 0 Å². The minimum Gasteiger partial charge on any atom is -0.394 e. The number of β-lactam (4-membered cyclic amide) rings is 1. The Bertz CT molecular complexity index is 676. The molecule has 0 aromatic rings. The molecular weight excluding hydrogens is 372 g/mol. The minimum absolute atomic E-state index is 0.0608. The van der Waals surface area contributed by atoms with Crippen LogP contribution in [0.3, 0.4) is 0 Å². The Kier molecular flexibility index (Phi) is 5.24. The number of hydrogen-bond acceptors (Lipinski definition) is 6. The van der Waals surface area contributed by atoms with Crippen molar-refractivity contribution in [2.45, 2.75) is 34.4 Å². The van der Waals surface area contributed by atoms with Crippen LogP contribution < -0.4 is 0 Å². The number of carbonyl (C=O) groups excluding carboxylic acids is 2. The number of likely N-dealkylation sites (N-methyl/N-ethyl adjacent to an activating group) is 2. The molecule has 0 aromatic heterocycles. The summed E-state index contributed by atoms with van der Waals surface area (Å²) in [6.45, 7) is 0.0851. The summed E-state index contributed by atoms with van der Waals surface area (Å²) in [6.07, 6.45) is 11.1. The number of carbonyl (C=O) groups is 2. The summed E-state index contributed by atoms with van der Waals surface area (Å²) in [5.41, 5.74) is -0.0280. The first-order valence-corrected chi connectivity index (χ1v) is 10.4. The SMILES string of the molecule is CS[C@@]1(CO)C(=O)N(C)C2(COCC3=CC=CCCC3)C(=O)N(C)C21S. The molecule has 2 fully saturated rings. The average molecular weight is 399 g/mol. The fourth-order valence-electron chi connectivity index (χ4n) is 4.39. The van der Waals surface area contributed by atoms with E-state index in [2.05, 4.69) is 12.2 Å². The van der Waals surface area contributed by atoms with E-state index in [1.54, 1.807) is 20.4 Å². The summed E-state index contributed by atoms with van der Waals surface area (Å²) in [7, 11) is 3.22. The molecule has 2 heterocycles. The van der Waals surface area contributed by atoms with Crippen LogP contribution in [-0.2, 0) is 14.3 Å². The van der Waals surface area contributed by atoms with E-state index in [1.165, 1.54) is 27.1 Å². The van der Waals surface area contributed by atoms with E-state index in [0.717, 1.165) is 19.3 Å². The summed E-state index contributed by atoms with van der Waals surface area (Å²) >= 11 is 6.04. The van der Waals surface area contributed by atoms with Crippen molar-refractivity contribution >= 4 is 36.2 Å². The van der Waals surface area contributed by atoms with Crippen molar-refractivity contribution in [3.05, 3.63) is 23.8 Å². The third-order valence-corrected chi connectivity index (χ3v) is 8.51. The number of nitrogens with zero attached hydrogens (tertiary/aromatic N) is 2. The molecule has 2 unspecified atom stereocenters. The number of thiol groups is 1. The first-order valence-electron chi connectivity index (χ1n) is 8.70. The van der Waals surface area contributed by atoms with Crippen molar-refractivity contribution in [1.29, 1.82) is 0 Å². The number of hydrogen-bond donors (Lipinski definition) is 2. The number of aliphatic hydroxyl groups is 1. The number of rotatable bonds is 6. The van der Waals surface area contributed by atoms with Gasteiger partial charge in [0.2, 0.25) is 5.91 Å². The zero-order chi connectivity index (χ0) is 19.2. The highest BCUT2D eigenvalue weighted by Crippen LogP contribution is 2.62. The quantitative estimate of drug-likeness (QED) is 0.517. The summed E-state index contributed by atoms with van der Waals surface area (Å²) in [6, 6.07) is 0. The van der Waals surface area contributed by atoms with Crippen molar-refractivity contribution in [2.75, 3.05) is 40.2 Å². The second-order valence-electron chi connectivity index (χ2n) is 7.09. The van der Waals surface area contributed by atoms with Gasteiger partial charge in [0.15, 0.2) is 10.3 Å². The van der Waals surface area contributed by atoms with Gasteiger partial charge in [-0.05, 0) is 31.1 Å². The van der Waals surface area contributed by atoms with Crippen LogP contribution in [0.1, 0.15) is 19.3 Å². The van der Waals surface area contributed by atoms with Crippen LogP contribution in [0.15, 0.2) is 23.8 Å². The van der Waals surface area contributed by atoms with Gasteiger partial charge >= 0.3 is 0 Å². The molecule has 0 saturated carbocycles. The second kappa shape index (κ2) is 6.89. The lowest BCUT2D eigenvalue weighted by Crippen LogP contribution is -2.85. The third kappa shape index (κ3) is 2.22. The van der Waals surface area contributed by atoms with Crippen molar-refractivity contribution in [3.63, 3.8) is 0 Å². The number of aliphatic hydroxyl groups excluding tert-OH is 1. The Morgan fingerprint density at radius 2 is 2.04 bits per heavy atom. The van der Waals surface area contributed by atoms with E-state index in [0.29, 0.717) is 6.61 Å². The number of amides is 2. The molecular formula is C18H26N2O4S2. The maximum atomic E-state index is 13.0. The topological polar surface area (TPSA) is 70.1 Å². The molecule has 26 heavy (non-hydrogen) atoms. The van der Waals surface area contributed by atoms with E-state index >= 15 is 0 Å². The van der Waals surface area contributed by atoms with E-state index in [-0.39, 0.29) is 18.4 Å². The van der Waals surface area contributed by atoms with Crippen molar-refractivity contribution < 1.29 is 19.4 Å². The van der Waals surface area contributed by atoms with Gasteiger partial charge in [-0.2, -0.15) is 0 Å². The van der Waals surface area contributed by atoms with Crippen LogP contribution in [0.5, 0.6) is 0 Å².